The van der Waals surface area contributed by atoms with Crippen LogP contribution in [0, 0.1) is 45.3 Å². The minimum atomic E-state index is -0.227. The zero-order valence-corrected chi connectivity index (χ0v) is 21.5. The number of hydrogen-bond donors (Lipinski definition) is 0. The van der Waals surface area contributed by atoms with Crippen LogP contribution in [0.15, 0.2) is 35.5 Å². The summed E-state index contributed by atoms with van der Waals surface area (Å²) in [5, 5.41) is 0. The van der Waals surface area contributed by atoms with Crippen LogP contribution < -0.4 is 0 Å². The zero-order chi connectivity index (χ0) is 23.5. The zero-order valence-electron chi connectivity index (χ0n) is 21.5. The predicted molar refractivity (Wildman–Crippen MR) is 132 cm³/mol. The SMILES string of the molecule is CC(C=O)/C=C/C[C@@H](C)[C@H]1CC[C@@]2(C)C3=CC[C@H]4C(C)(C)C(=O)CC[C@]4(C)C3=CC[C@]12C. The molecule has 4 aliphatic carbocycles. The standard InChI is InChI=1S/C30H44O2/c1-20(19-31)9-8-10-21(2)22-13-17-30(7)24-11-12-25-27(3,4)26(32)15-16-28(25,5)23(24)14-18-29(22,30)6/h8-9,11,14,19-22,25H,10,12-13,15-18H2,1-7H3/b9-8+/t20?,21-,22-,25+,28-,29-,30+/m1/s1. The molecule has 2 fully saturated rings. The van der Waals surface area contributed by atoms with Gasteiger partial charge in [-0.25, -0.2) is 0 Å². The second-order valence-electron chi connectivity index (χ2n) is 12.8. The van der Waals surface area contributed by atoms with Gasteiger partial charge in [-0.2, -0.15) is 0 Å². The number of aldehydes is 1. The quantitative estimate of drug-likeness (QED) is 0.330. The molecule has 0 spiro atoms. The maximum Gasteiger partial charge on any atom is 0.138 e. The van der Waals surface area contributed by atoms with Gasteiger partial charge in [0.25, 0.3) is 0 Å². The van der Waals surface area contributed by atoms with Crippen LogP contribution in [0.3, 0.4) is 0 Å². The highest BCUT2D eigenvalue weighted by atomic mass is 16.1. The van der Waals surface area contributed by atoms with Gasteiger partial charge in [0.2, 0.25) is 0 Å². The third-order valence-electron chi connectivity index (χ3n) is 10.9. The number of carbonyl (C=O) groups excluding carboxylic acids is 2. The molecule has 4 aliphatic rings. The topological polar surface area (TPSA) is 34.1 Å². The van der Waals surface area contributed by atoms with E-state index in [4.69, 9.17) is 0 Å². The van der Waals surface area contributed by atoms with Crippen molar-refractivity contribution in [2.24, 2.45) is 45.3 Å². The average molecular weight is 437 g/mol. The predicted octanol–water partition coefficient (Wildman–Crippen LogP) is 7.50. The molecule has 0 N–H and O–H groups in total. The smallest absolute Gasteiger partial charge is 0.138 e. The largest absolute Gasteiger partial charge is 0.303 e. The number of hydrogen-bond acceptors (Lipinski definition) is 2. The Labute approximate surface area is 196 Å². The van der Waals surface area contributed by atoms with Crippen LogP contribution in [0.5, 0.6) is 0 Å². The van der Waals surface area contributed by atoms with E-state index in [1.807, 2.05) is 6.92 Å². The Bertz CT molecular complexity index is 889. The summed E-state index contributed by atoms with van der Waals surface area (Å²) in [6.45, 7) is 16.3. The molecule has 4 rings (SSSR count). The second-order valence-corrected chi connectivity index (χ2v) is 12.8. The lowest BCUT2D eigenvalue weighted by molar-refractivity contribution is -0.138. The summed E-state index contributed by atoms with van der Waals surface area (Å²) in [5.74, 6) is 2.19. The third-order valence-corrected chi connectivity index (χ3v) is 10.9. The molecule has 2 nitrogen and oxygen atoms in total. The molecule has 0 saturated heterocycles. The number of fused-ring (bicyclic) bond motifs is 5. The Kier molecular flexibility index (Phi) is 5.79. The Morgan fingerprint density at radius 1 is 1.06 bits per heavy atom. The lowest BCUT2D eigenvalue weighted by atomic mass is 9.44. The number of carbonyl (C=O) groups is 2. The monoisotopic (exact) mass is 436 g/mol. The molecule has 2 saturated carbocycles. The Morgan fingerprint density at radius 2 is 1.78 bits per heavy atom. The van der Waals surface area contributed by atoms with Crippen molar-refractivity contribution in [3.8, 4) is 0 Å². The molecule has 0 bridgehead atoms. The normalized spacial score (nSPS) is 42.4. The van der Waals surface area contributed by atoms with Crippen molar-refractivity contribution in [1.82, 2.24) is 0 Å². The van der Waals surface area contributed by atoms with Gasteiger partial charge in [0.1, 0.15) is 12.1 Å². The molecule has 0 aromatic carbocycles. The van der Waals surface area contributed by atoms with Gasteiger partial charge in [-0.1, -0.05) is 72.8 Å². The Morgan fingerprint density at radius 3 is 2.47 bits per heavy atom. The van der Waals surface area contributed by atoms with Crippen molar-refractivity contribution in [3.63, 3.8) is 0 Å². The van der Waals surface area contributed by atoms with E-state index in [1.54, 1.807) is 11.1 Å². The first-order chi connectivity index (χ1) is 14.9. The van der Waals surface area contributed by atoms with Crippen LogP contribution in [0.4, 0.5) is 0 Å². The van der Waals surface area contributed by atoms with Gasteiger partial charge in [-0.05, 0) is 83.7 Å². The van der Waals surface area contributed by atoms with Gasteiger partial charge >= 0.3 is 0 Å². The molecule has 0 aliphatic heterocycles. The maximum atomic E-state index is 12.8. The third kappa shape index (κ3) is 3.18. The molecule has 0 radical (unpaired) electrons. The number of ketones is 1. The van der Waals surface area contributed by atoms with Crippen LogP contribution in [-0.4, -0.2) is 12.1 Å². The van der Waals surface area contributed by atoms with E-state index >= 15 is 0 Å². The summed E-state index contributed by atoms with van der Waals surface area (Å²) in [5.41, 5.74) is 3.60. The molecule has 32 heavy (non-hydrogen) atoms. The number of allylic oxidation sites excluding steroid dienone is 6. The van der Waals surface area contributed by atoms with Crippen molar-refractivity contribution in [3.05, 3.63) is 35.5 Å². The molecule has 0 aromatic heterocycles. The van der Waals surface area contributed by atoms with E-state index in [-0.39, 0.29) is 27.6 Å². The van der Waals surface area contributed by atoms with Gasteiger partial charge in [-0.15, -0.1) is 0 Å². The molecular formula is C30H44O2. The van der Waals surface area contributed by atoms with Crippen LogP contribution in [0.25, 0.3) is 0 Å². The Balaban J connectivity index is 1.65. The maximum absolute atomic E-state index is 12.8. The van der Waals surface area contributed by atoms with Gasteiger partial charge in [0.15, 0.2) is 0 Å². The van der Waals surface area contributed by atoms with E-state index in [0.717, 1.165) is 38.4 Å². The highest BCUT2D eigenvalue weighted by Gasteiger charge is 2.62. The lowest BCUT2D eigenvalue weighted by Gasteiger charge is -2.59. The average Bonchev–Trinajstić information content (AvgIpc) is 3.02. The van der Waals surface area contributed by atoms with Gasteiger partial charge in [-0.3, -0.25) is 4.79 Å². The van der Waals surface area contributed by atoms with Crippen molar-refractivity contribution < 1.29 is 9.59 Å². The first kappa shape index (κ1) is 23.7. The Hall–Kier alpha value is -1.44. The highest BCUT2D eigenvalue weighted by Crippen LogP contribution is 2.71. The fourth-order valence-corrected chi connectivity index (χ4v) is 8.48. The minimum Gasteiger partial charge on any atom is -0.303 e. The summed E-state index contributed by atoms with van der Waals surface area (Å²) in [6, 6.07) is 0. The van der Waals surface area contributed by atoms with Gasteiger partial charge in [0.05, 0.1) is 0 Å². The van der Waals surface area contributed by atoms with E-state index < -0.39 is 0 Å². The van der Waals surface area contributed by atoms with Crippen LogP contribution in [-0.2, 0) is 9.59 Å². The summed E-state index contributed by atoms with van der Waals surface area (Å²) in [4.78, 5) is 23.7. The van der Waals surface area contributed by atoms with E-state index in [9.17, 15) is 9.59 Å². The summed E-state index contributed by atoms with van der Waals surface area (Å²) >= 11 is 0. The second kappa shape index (κ2) is 7.81. The van der Waals surface area contributed by atoms with Crippen molar-refractivity contribution in [2.45, 2.75) is 93.4 Å². The first-order valence-electron chi connectivity index (χ1n) is 13.0. The van der Waals surface area contributed by atoms with Gasteiger partial charge in [0, 0.05) is 17.8 Å². The molecule has 7 atom stereocenters. The number of rotatable bonds is 5. The molecule has 1 unspecified atom stereocenters. The van der Waals surface area contributed by atoms with E-state index in [1.165, 1.54) is 12.8 Å². The van der Waals surface area contributed by atoms with E-state index in [0.29, 0.717) is 23.5 Å². The first-order valence-corrected chi connectivity index (χ1v) is 13.0. The summed E-state index contributed by atoms with van der Waals surface area (Å²) in [7, 11) is 0. The fourth-order valence-electron chi connectivity index (χ4n) is 8.48. The molecular weight excluding hydrogens is 392 g/mol. The fraction of sp³-hybridized carbons (Fsp3) is 0.733. The van der Waals surface area contributed by atoms with Crippen LogP contribution in [0.1, 0.15) is 93.4 Å². The van der Waals surface area contributed by atoms with Crippen LogP contribution >= 0.6 is 0 Å². The van der Waals surface area contributed by atoms with E-state index in [2.05, 4.69) is 65.8 Å². The molecule has 0 aromatic rings. The molecule has 176 valence electrons. The molecule has 0 heterocycles. The lowest BCUT2D eigenvalue weighted by Crippen LogP contribution is -2.53. The minimum absolute atomic E-state index is 0.0134. The van der Waals surface area contributed by atoms with Crippen molar-refractivity contribution in [1.29, 1.82) is 0 Å². The van der Waals surface area contributed by atoms with Crippen LogP contribution in [0.2, 0.25) is 0 Å². The summed E-state index contributed by atoms with van der Waals surface area (Å²) < 4.78 is 0. The molecule has 2 heteroatoms. The van der Waals surface area contributed by atoms with Crippen molar-refractivity contribution in [2.75, 3.05) is 0 Å². The molecule has 0 amide bonds. The van der Waals surface area contributed by atoms with Gasteiger partial charge < -0.3 is 4.79 Å². The van der Waals surface area contributed by atoms with Crippen molar-refractivity contribution >= 4 is 12.1 Å². The summed E-state index contributed by atoms with van der Waals surface area (Å²) in [6.07, 6.45) is 18.0. The number of Topliss-reactive ketones (excluding diaryl/α,β-unsaturated/α-hetero) is 1. The highest BCUT2D eigenvalue weighted by molar-refractivity contribution is 5.86.